The first-order chi connectivity index (χ1) is 12.7. The molecule has 27 heavy (non-hydrogen) atoms. The van der Waals surface area contributed by atoms with Crippen LogP contribution in [-0.2, 0) is 10.0 Å². The number of benzene rings is 2. The molecule has 1 aliphatic heterocycles. The van der Waals surface area contributed by atoms with E-state index in [0.717, 1.165) is 8.78 Å². The minimum atomic E-state index is -3.91. The maximum atomic E-state index is 12.9. The highest BCUT2D eigenvalue weighted by Gasteiger charge is 2.48. The lowest BCUT2D eigenvalue weighted by Gasteiger charge is -2.19. The van der Waals surface area contributed by atoms with Gasteiger partial charge >= 0.3 is 0 Å². The van der Waals surface area contributed by atoms with Crippen molar-refractivity contribution < 1.29 is 18.0 Å². The first-order valence-electron chi connectivity index (χ1n) is 8.18. The van der Waals surface area contributed by atoms with E-state index in [4.69, 9.17) is 11.6 Å². The van der Waals surface area contributed by atoms with Crippen molar-refractivity contribution >= 4 is 55.1 Å². The number of carbonyl (C=O) groups is 2. The summed E-state index contributed by atoms with van der Waals surface area (Å²) in [5, 5.41) is 0.379. The Kier molecular flexibility index (Phi) is 4.32. The van der Waals surface area contributed by atoms with Crippen LogP contribution in [0.3, 0.4) is 0 Å². The predicted octanol–water partition coefficient (Wildman–Crippen LogP) is 3.69. The summed E-state index contributed by atoms with van der Waals surface area (Å²) in [5.74, 6) is -0.939. The van der Waals surface area contributed by atoms with Crippen LogP contribution in [0.2, 0.25) is 5.02 Å². The number of hydrogen-bond donors (Lipinski definition) is 0. The molecule has 0 atom stereocenters. The Labute approximate surface area is 169 Å². The van der Waals surface area contributed by atoms with E-state index in [-0.39, 0.29) is 22.1 Å². The molecule has 2 aromatic rings. The Morgan fingerprint density at radius 2 is 1.93 bits per heavy atom. The lowest BCUT2D eigenvalue weighted by atomic mass is 10.1. The predicted molar refractivity (Wildman–Crippen MR) is 105 cm³/mol. The van der Waals surface area contributed by atoms with Crippen LogP contribution in [0.1, 0.15) is 33.6 Å². The second kappa shape index (κ2) is 6.32. The third kappa shape index (κ3) is 2.96. The molecule has 9 heteroatoms. The van der Waals surface area contributed by atoms with Gasteiger partial charge in [0.2, 0.25) is 0 Å². The van der Waals surface area contributed by atoms with Crippen LogP contribution in [-0.4, -0.2) is 37.6 Å². The third-order valence-corrected chi connectivity index (χ3v) is 7.32. The zero-order valence-corrected chi connectivity index (χ0v) is 17.3. The van der Waals surface area contributed by atoms with Crippen molar-refractivity contribution in [3.63, 3.8) is 0 Å². The van der Waals surface area contributed by atoms with Gasteiger partial charge in [-0.2, -0.15) is 0 Å². The number of hydrogen-bond acceptors (Lipinski definition) is 4. The number of fused-ring (bicyclic) bond motifs is 1. The summed E-state index contributed by atoms with van der Waals surface area (Å²) in [6.07, 6.45) is 1.35. The van der Waals surface area contributed by atoms with Crippen molar-refractivity contribution in [3.8, 4) is 0 Å². The second-order valence-electron chi connectivity index (χ2n) is 6.51. The van der Waals surface area contributed by atoms with E-state index in [1.54, 1.807) is 25.2 Å². The number of halogens is 2. The molecule has 140 valence electrons. The van der Waals surface area contributed by atoms with Crippen LogP contribution in [0.5, 0.6) is 0 Å². The van der Waals surface area contributed by atoms with Gasteiger partial charge in [0.15, 0.2) is 0 Å². The fourth-order valence-corrected chi connectivity index (χ4v) is 5.75. The minimum absolute atomic E-state index is 0.111. The lowest BCUT2D eigenvalue weighted by Crippen LogP contribution is -2.32. The summed E-state index contributed by atoms with van der Waals surface area (Å²) in [6.45, 7) is 0. The van der Waals surface area contributed by atoms with Gasteiger partial charge in [0, 0.05) is 23.1 Å². The highest BCUT2D eigenvalue weighted by atomic mass is 79.9. The Morgan fingerprint density at radius 3 is 2.56 bits per heavy atom. The molecule has 2 amide bonds. The summed E-state index contributed by atoms with van der Waals surface area (Å²) in [5.41, 5.74) is 0.774. The van der Waals surface area contributed by atoms with Crippen LogP contribution in [0.4, 0.5) is 5.69 Å². The van der Waals surface area contributed by atoms with E-state index in [9.17, 15) is 18.0 Å². The fraction of sp³-hybridized carbons (Fsp3) is 0.222. The van der Waals surface area contributed by atoms with Crippen LogP contribution in [0.25, 0.3) is 0 Å². The minimum Gasteiger partial charge on any atom is -0.310 e. The van der Waals surface area contributed by atoms with Crippen molar-refractivity contribution in [1.82, 2.24) is 4.31 Å². The summed E-state index contributed by atoms with van der Waals surface area (Å²) in [6, 6.07) is 8.99. The fourth-order valence-electron chi connectivity index (χ4n) is 3.11. The van der Waals surface area contributed by atoms with E-state index in [1.165, 1.54) is 23.1 Å². The van der Waals surface area contributed by atoms with Crippen LogP contribution in [0, 0.1) is 0 Å². The molecule has 0 saturated heterocycles. The number of carbonyl (C=O) groups excluding carboxylic acids is 2. The number of anilines is 1. The van der Waals surface area contributed by atoms with Gasteiger partial charge in [-0.1, -0.05) is 27.5 Å². The molecular weight excluding hydrogens is 456 g/mol. The largest absolute Gasteiger partial charge is 0.310 e. The number of sulfonamides is 1. The van der Waals surface area contributed by atoms with Gasteiger partial charge in [-0.15, -0.1) is 0 Å². The normalized spacial score (nSPS) is 17.7. The molecule has 4 rings (SSSR count). The molecule has 0 N–H and O–H groups in total. The summed E-state index contributed by atoms with van der Waals surface area (Å²) in [7, 11) is -2.36. The Hall–Kier alpha value is -1.90. The van der Waals surface area contributed by atoms with E-state index in [2.05, 4.69) is 15.9 Å². The van der Waals surface area contributed by atoms with Gasteiger partial charge in [0.1, 0.15) is 4.90 Å². The summed E-state index contributed by atoms with van der Waals surface area (Å²) < 4.78 is 27.2. The molecule has 0 spiro atoms. The van der Waals surface area contributed by atoms with E-state index >= 15 is 0 Å². The van der Waals surface area contributed by atoms with Gasteiger partial charge in [0.25, 0.3) is 21.8 Å². The average Bonchev–Trinajstić information content (AvgIpc) is 3.41. The zero-order valence-electron chi connectivity index (χ0n) is 14.1. The molecule has 0 radical (unpaired) electrons. The van der Waals surface area contributed by atoms with Crippen molar-refractivity contribution in [3.05, 3.63) is 57.0 Å². The molecule has 0 unspecified atom stereocenters. The van der Waals surface area contributed by atoms with Crippen molar-refractivity contribution in [1.29, 1.82) is 0 Å². The first kappa shape index (κ1) is 18.5. The van der Waals surface area contributed by atoms with E-state index < -0.39 is 21.8 Å². The topological polar surface area (TPSA) is 74.8 Å². The Morgan fingerprint density at radius 1 is 1.22 bits per heavy atom. The SMILES string of the molecule is CN(C(=O)c1ccc2c(c1)S(=O)(=O)N(C1CC1)C2=O)c1ccc(Br)cc1Cl. The Balaban J connectivity index is 1.71. The average molecular weight is 470 g/mol. The Bertz CT molecular complexity index is 1100. The number of amides is 2. The smallest absolute Gasteiger partial charge is 0.269 e. The monoisotopic (exact) mass is 468 g/mol. The van der Waals surface area contributed by atoms with Gasteiger partial charge < -0.3 is 4.90 Å². The van der Waals surface area contributed by atoms with Crippen LogP contribution < -0.4 is 4.90 Å². The number of rotatable bonds is 3. The molecule has 0 bridgehead atoms. The molecule has 0 aromatic heterocycles. The quantitative estimate of drug-likeness (QED) is 0.687. The lowest BCUT2D eigenvalue weighted by molar-refractivity contribution is 0.0864. The highest BCUT2D eigenvalue weighted by molar-refractivity contribution is 9.10. The van der Waals surface area contributed by atoms with Gasteiger partial charge in [-0.3, -0.25) is 9.59 Å². The molecule has 2 aliphatic rings. The zero-order chi connectivity index (χ0) is 19.5. The molecule has 1 fully saturated rings. The van der Waals surface area contributed by atoms with E-state index in [0.29, 0.717) is 23.6 Å². The standard InChI is InChI=1S/C18H14BrClN2O4S/c1-21(15-7-3-11(19)9-14(15)20)17(23)10-2-6-13-16(8-10)27(25,26)22(18(13)24)12-4-5-12/h2-3,6-9,12H,4-5H2,1H3. The molecule has 6 nitrogen and oxygen atoms in total. The summed E-state index contributed by atoms with van der Waals surface area (Å²) in [4.78, 5) is 26.5. The molecular formula is C18H14BrClN2O4S. The van der Waals surface area contributed by atoms with Crippen molar-refractivity contribution in [2.45, 2.75) is 23.8 Å². The highest BCUT2D eigenvalue weighted by Crippen LogP contribution is 2.40. The van der Waals surface area contributed by atoms with Gasteiger partial charge in [0.05, 0.1) is 16.3 Å². The molecule has 2 aromatic carbocycles. The maximum Gasteiger partial charge on any atom is 0.269 e. The van der Waals surface area contributed by atoms with Gasteiger partial charge in [-0.25, -0.2) is 12.7 Å². The van der Waals surface area contributed by atoms with Crippen LogP contribution >= 0.6 is 27.5 Å². The number of nitrogens with zero attached hydrogens (tertiary/aromatic N) is 2. The maximum absolute atomic E-state index is 12.9. The molecule has 1 saturated carbocycles. The van der Waals surface area contributed by atoms with Crippen LogP contribution in [0.15, 0.2) is 45.8 Å². The second-order valence-corrected chi connectivity index (χ2v) is 9.61. The molecule has 1 heterocycles. The third-order valence-electron chi connectivity index (χ3n) is 4.65. The van der Waals surface area contributed by atoms with E-state index in [1.807, 2.05) is 0 Å². The van der Waals surface area contributed by atoms with Crippen molar-refractivity contribution in [2.24, 2.45) is 0 Å². The van der Waals surface area contributed by atoms with Crippen molar-refractivity contribution in [2.75, 3.05) is 11.9 Å². The first-order valence-corrected chi connectivity index (χ1v) is 10.8. The molecule has 1 aliphatic carbocycles. The van der Waals surface area contributed by atoms with Gasteiger partial charge in [-0.05, 0) is 49.2 Å². The summed E-state index contributed by atoms with van der Waals surface area (Å²) >= 11 is 9.51.